The van der Waals surface area contributed by atoms with E-state index < -0.39 is 0 Å². The van der Waals surface area contributed by atoms with Crippen molar-refractivity contribution in [2.75, 3.05) is 6.54 Å². The standard InChI is InChI=1S/C11H18N2S/c1-8(2)13-5-9-7-14-11-6-12-4-3-10(9)11/h7-8,12-13H,3-6H2,1-2H3. The third-order valence-corrected chi connectivity index (χ3v) is 3.68. The highest BCUT2D eigenvalue weighted by molar-refractivity contribution is 7.10. The van der Waals surface area contributed by atoms with E-state index in [-0.39, 0.29) is 0 Å². The molecule has 0 saturated heterocycles. The van der Waals surface area contributed by atoms with Crippen LogP contribution in [0.2, 0.25) is 0 Å². The normalized spacial score (nSPS) is 15.9. The maximum absolute atomic E-state index is 3.48. The Bertz CT molecular complexity index is 304. The Morgan fingerprint density at radius 3 is 3.21 bits per heavy atom. The molecule has 2 heterocycles. The van der Waals surface area contributed by atoms with Crippen molar-refractivity contribution in [2.24, 2.45) is 0 Å². The van der Waals surface area contributed by atoms with Gasteiger partial charge in [-0.1, -0.05) is 13.8 Å². The second-order valence-electron chi connectivity index (χ2n) is 4.13. The number of hydrogen-bond acceptors (Lipinski definition) is 3. The van der Waals surface area contributed by atoms with Crippen molar-refractivity contribution < 1.29 is 0 Å². The highest BCUT2D eigenvalue weighted by atomic mass is 32.1. The van der Waals surface area contributed by atoms with Crippen LogP contribution in [0.15, 0.2) is 5.38 Å². The Labute approximate surface area is 89.7 Å². The van der Waals surface area contributed by atoms with Gasteiger partial charge in [0.1, 0.15) is 0 Å². The van der Waals surface area contributed by atoms with Gasteiger partial charge >= 0.3 is 0 Å². The molecule has 0 bridgehead atoms. The zero-order valence-corrected chi connectivity index (χ0v) is 9.71. The number of nitrogens with one attached hydrogen (secondary N) is 2. The predicted molar refractivity (Wildman–Crippen MR) is 61.7 cm³/mol. The zero-order valence-electron chi connectivity index (χ0n) is 8.89. The molecule has 0 radical (unpaired) electrons. The van der Waals surface area contributed by atoms with Gasteiger partial charge in [-0.2, -0.15) is 0 Å². The first-order valence-corrected chi connectivity index (χ1v) is 6.17. The van der Waals surface area contributed by atoms with Crippen molar-refractivity contribution >= 4 is 11.3 Å². The van der Waals surface area contributed by atoms with E-state index in [9.17, 15) is 0 Å². The fourth-order valence-corrected chi connectivity index (χ4v) is 2.86. The number of rotatable bonds is 3. The van der Waals surface area contributed by atoms with Gasteiger partial charge in [0.05, 0.1) is 0 Å². The highest BCUT2D eigenvalue weighted by Crippen LogP contribution is 2.25. The molecule has 1 aromatic rings. The van der Waals surface area contributed by atoms with E-state index in [1.807, 2.05) is 11.3 Å². The first-order valence-electron chi connectivity index (χ1n) is 5.29. The molecule has 2 N–H and O–H groups in total. The summed E-state index contributed by atoms with van der Waals surface area (Å²) in [5.41, 5.74) is 3.11. The molecule has 0 spiro atoms. The summed E-state index contributed by atoms with van der Waals surface area (Å²) < 4.78 is 0. The molecule has 0 atom stereocenters. The van der Waals surface area contributed by atoms with E-state index in [4.69, 9.17) is 0 Å². The largest absolute Gasteiger partial charge is 0.312 e. The summed E-state index contributed by atoms with van der Waals surface area (Å²) in [4.78, 5) is 1.54. The van der Waals surface area contributed by atoms with Gasteiger partial charge in [-0.15, -0.1) is 11.3 Å². The smallest absolute Gasteiger partial charge is 0.0302 e. The number of thiophene rings is 1. The third kappa shape index (κ3) is 2.16. The second kappa shape index (κ2) is 4.43. The third-order valence-electron chi connectivity index (χ3n) is 2.61. The van der Waals surface area contributed by atoms with Crippen LogP contribution in [0.5, 0.6) is 0 Å². The summed E-state index contributed by atoms with van der Waals surface area (Å²) >= 11 is 1.90. The summed E-state index contributed by atoms with van der Waals surface area (Å²) in [6.07, 6.45) is 1.20. The molecule has 78 valence electrons. The number of fused-ring (bicyclic) bond motifs is 1. The molecule has 2 nitrogen and oxygen atoms in total. The molecule has 0 aliphatic carbocycles. The molecule has 0 saturated carbocycles. The lowest BCUT2D eigenvalue weighted by atomic mass is 10.0. The lowest BCUT2D eigenvalue weighted by Crippen LogP contribution is -2.25. The molecule has 14 heavy (non-hydrogen) atoms. The van der Waals surface area contributed by atoms with Gasteiger partial charge < -0.3 is 10.6 Å². The molecule has 0 aromatic carbocycles. The summed E-state index contributed by atoms with van der Waals surface area (Å²) in [5, 5.41) is 9.21. The van der Waals surface area contributed by atoms with Crippen molar-refractivity contribution in [3.63, 3.8) is 0 Å². The quantitative estimate of drug-likeness (QED) is 0.796. The van der Waals surface area contributed by atoms with Gasteiger partial charge in [0.25, 0.3) is 0 Å². The number of hydrogen-bond donors (Lipinski definition) is 2. The molecule has 2 rings (SSSR count). The highest BCUT2D eigenvalue weighted by Gasteiger charge is 2.14. The maximum Gasteiger partial charge on any atom is 0.0302 e. The summed E-state index contributed by atoms with van der Waals surface area (Å²) in [7, 11) is 0. The lowest BCUT2D eigenvalue weighted by Gasteiger charge is -2.15. The van der Waals surface area contributed by atoms with Crippen LogP contribution >= 0.6 is 11.3 Å². The van der Waals surface area contributed by atoms with Crippen molar-refractivity contribution in [1.82, 2.24) is 10.6 Å². The minimum atomic E-state index is 0.576. The van der Waals surface area contributed by atoms with Crippen molar-refractivity contribution in [3.05, 3.63) is 21.4 Å². The Kier molecular flexibility index (Phi) is 3.21. The average molecular weight is 210 g/mol. The average Bonchev–Trinajstić information content (AvgIpc) is 2.58. The molecule has 0 unspecified atom stereocenters. The molecule has 3 heteroatoms. The van der Waals surface area contributed by atoms with Gasteiger partial charge in [-0.3, -0.25) is 0 Å². The molecular formula is C11H18N2S. The summed E-state index contributed by atoms with van der Waals surface area (Å²) in [6, 6.07) is 0.576. The zero-order chi connectivity index (χ0) is 9.97. The molecule has 1 aliphatic rings. The summed E-state index contributed by atoms with van der Waals surface area (Å²) in [5.74, 6) is 0. The van der Waals surface area contributed by atoms with Crippen LogP contribution in [-0.2, 0) is 19.5 Å². The van der Waals surface area contributed by atoms with E-state index in [0.29, 0.717) is 6.04 Å². The van der Waals surface area contributed by atoms with Crippen LogP contribution in [0.1, 0.15) is 29.9 Å². The molecular weight excluding hydrogens is 192 g/mol. The Hall–Kier alpha value is -0.380. The fourth-order valence-electron chi connectivity index (χ4n) is 1.79. The Morgan fingerprint density at radius 1 is 1.57 bits per heavy atom. The van der Waals surface area contributed by atoms with Crippen molar-refractivity contribution in [3.8, 4) is 0 Å². The predicted octanol–water partition coefficient (Wildman–Crippen LogP) is 1.89. The van der Waals surface area contributed by atoms with Crippen molar-refractivity contribution in [1.29, 1.82) is 0 Å². The molecule has 0 amide bonds. The minimum Gasteiger partial charge on any atom is -0.312 e. The van der Waals surface area contributed by atoms with Gasteiger partial charge in [-0.25, -0.2) is 0 Å². The van der Waals surface area contributed by atoms with Crippen LogP contribution in [-0.4, -0.2) is 12.6 Å². The van der Waals surface area contributed by atoms with Gasteiger partial charge in [0.15, 0.2) is 0 Å². The van der Waals surface area contributed by atoms with Gasteiger partial charge in [-0.05, 0) is 29.5 Å². The van der Waals surface area contributed by atoms with Crippen LogP contribution < -0.4 is 10.6 Å². The van der Waals surface area contributed by atoms with E-state index in [1.165, 1.54) is 16.9 Å². The van der Waals surface area contributed by atoms with Crippen molar-refractivity contribution in [2.45, 2.75) is 39.4 Å². The van der Waals surface area contributed by atoms with Crippen LogP contribution in [0, 0.1) is 0 Å². The first kappa shape index (κ1) is 10.1. The topological polar surface area (TPSA) is 24.1 Å². The van der Waals surface area contributed by atoms with Gasteiger partial charge in [0.2, 0.25) is 0 Å². The monoisotopic (exact) mass is 210 g/mol. The summed E-state index contributed by atoms with van der Waals surface area (Å²) in [6.45, 7) is 7.63. The SMILES string of the molecule is CC(C)NCc1csc2c1CCNC2. The first-order chi connectivity index (χ1) is 6.77. The maximum atomic E-state index is 3.48. The van der Waals surface area contributed by atoms with Crippen LogP contribution in [0.4, 0.5) is 0 Å². The van der Waals surface area contributed by atoms with E-state index in [1.54, 1.807) is 5.56 Å². The van der Waals surface area contributed by atoms with E-state index in [0.717, 1.165) is 19.6 Å². The molecule has 1 aromatic heterocycles. The Balaban J connectivity index is 2.06. The van der Waals surface area contributed by atoms with Crippen LogP contribution in [0.3, 0.4) is 0 Å². The van der Waals surface area contributed by atoms with E-state index >= 15 is 0 Å². The van der Waals surface area contributed by atoms with Gasteiger partial charge in [0, 0.05) is 24.0 Å². The van der Waals surface area contributed by atoms with E-state index in [2.05, 4.69) is 29.9 Å². The van der Waals surface area contributed by atoms with Crippen LogP contribution in [0.25, 0.3) is 0 Å². The molecule has 0 fully saturated rings. The molecule has 1 aliphatic heterocycles. The Morgan fingerprint density at radius 2 is 2.43 bits per heavy atom. The second-order valence-corrected chi connectivity index (χ2v) is 5.09. The fraction of sp³-hybridized carbons (Fsp3) is 0.636. The lowest BCUT2D eigenvalue weighted by molar-refractivity contribution is 0.581. The minimum absolute atomic E-state index is 0.576.